The quantitative estimate of drug-likeness (QED) is 0.301. The number of imide groups is 1. The van der Waals surface area contributed by atoms with Gasteiger partial charge in [0.25, 0.3) is 11.8 Å². The lowest BCUT2D eigenvalue weighted by Crippen LogP contribution is -2.50. The van der Waals surface area contributed by atoms with E-state index >= 15 is 0 Å². The van der Waals surface area contributed by atoms with Gasteiger partial charge in [-0.1, -0.05) is 66.2 Å². The predicted molar refractivity (Wildman–Crippen MR) is 110 cm³/mol. The van der Waals surface area contributed by atoms with Gasteiger partial charge >= 0.3 is 0 Å². The second kappa shape index (κ2) is 6.54. The molecule has 0 spiro atoms. The van der Waals surface area contributed by atoms with Crippen molar-refractivity contribution in [1.29, 1.82) is 0 Å². The van der Waals surface area contributed by atoms with Gasteiger partial charge < -0.3 is 4.74 Å². The van der Waals surface area contributed by atoms with Crippen LogP contribution in [0.25, 0.3) is 0 Å². The van der Waals surface area contributed by atoms with E-state index in [9.17, 15) is 9.59 Å². The molecule has 0 radical (unpaired) electrons. The lowest BCUT2D eigenvalue weighted by atomic mass is 9.65. The summed E-state index contributed by atoms with van der Waals surface area (Å²) in [6, 6.07) is 0. The summed E-state index contributed by atoms with van der Waals surface area (Å²) in [5, 5.41) is 1.02. The van der Waals surface area contributed by atoms with Crippen LogP contribution < -0.4 is 0 Å². The molecule has 160 valence electrons. The van der Waals surface area contributed by atoms with Crippen LogP contribution in [0.5, 0.6) is 0 Å². The molecular formula is C18H17Cl6NO4. The highest BCUT2D eigenvalue weighted by molar-refractivity contribution is 6.65. The van der Waals surface area contributed by atoms with Crippen LogP contribution in [0.2, 0.25) is 0 Å². The molecule has 4 bridgehead atoms. The smallest absolute Gasteiger partial charge is 0.260 e. The number of fused-ring (bicyclic) bond motifs is 12. The lowest BCUT2D eigenvalue weighted by molar-refractivity contribution is -0.192. The van der Waals surface area contributed by atoms with Crippen LogP contribution in [-0.4, -0.2) is 49.8 Å². The van der Waals surface area contributed by atoms with E-state index in [0.29, 0.717) is 6.61 Å². The number of allylic oxidation sites excluding steroid dienone is 2. The number of carbonyl (C=O) groups is 2. The third-order valence-electron chi connectivity index (χ3n) is 7.11. The molecule has 5 aliphatic rings. The third-order valence-corrected chi connectivity index (χ3v) is 11.4. The Labute approximate surface area is 197 Å². The van der Waals surface area contributed by atoms with Gasteiger partial charge in [-0.25, -0.2) is 0 Å². The second-order valence-electron chi connectivity index (χ2n) is 8.31. The van der Waals surface area contributed by atoms with Crippen molar-refractivity contribution >= 4 is 81.4 Å². The standard InChI is InChI=1S/C18H17Cl6NO4/c1-2-3-4-5-28-25-14(26)6-7(15(25)27)11-9-8(10(6)29-11)16(21)12(19)13(20)17(9,22)18(16,23)24/h6-11H,2-5H2,1H3/t6-,7-,8-,9-,10+,11+,16-,17-/m0/s1. The third kappa shape index (κ3) is 2.16. The van der Waals surface area contributed by atoms with E-state index in [0.717, 1.165) is 24.3 Å². The van der Waals surface area contributed by atoms with Crippen LogP contribution in [0.15, 0.2) is 10.1 Å². The number of hydrogen-bond acceptors (Lipinski definition) is 4. The van der Waals surface area contributed by atoms with Gasteiger partial charge in [-0.05, 0) is 6.42 Å². The number of rotatable bonds is 5. The summed E-state index contributed by atoms with van der Waals surface area (Å²) in [7, 11) is 0. The van der Waals surface area contributed by atoms with Crippen LogP contribution in [0.1, 0.15) is 26.2 Å². The van der Waals surface area contributed by atoms with Crippen molar-refractivity contribution in [1.82, 2.24) is 5.06 Å². The van der Waals surface area contributed by atoms with E-state index in [4.69, 9.17) is 79.2 Å². The van der Waals surface area contributed by atoms with E-state index in [1.54, 1.807) is 0 Å². The van der Waals surface area contributed by atoms with Gasteiger partial charge in [0.15, 0.2) is 4.33 Å². The van der Waals surface area contributed by atoms with Gasteiger partial charge in [-0.2, -0.15) is 5.06 Å². The Kier molecular flexibility index (Phi) is 4.82. The van der Waals surface area contributed by atoms with Crippen molar-refractivity contribution in [3.05, 3.63) is 10.1 Å². The fraction of sp³-hybridized carbons (Fsp3) is 0.778. The van der Waals surface area contributed by atoms with Crippen molar-refractivity contribution < 1.29 is 19.2 Å². The summed E-state index contributed by atoms with van der Waals surface area (Å²) >= 11 is 40.0. The number of unbranched alkanes of at least 4 members (excludes halogenated alkanes) is 2. The molecule has 4 fully saturated rings. The molecule has 5 nitrogen and oxygen atoms in total. The molecule has 8 atom stereocenters. The van der Waals surface area contributed by atoms with E-state index in [-0.39, 0.29) is 10.1 Å². The molecule has 2 amide bonds. The normalized spacial score (nSPS) is 48.9. The maximum absolute atomic E-state index is 13.0. The molecule has 0 aromatic carbocycles. The van der Waals surface area contributed by atoms with Crippen molar-refractivity contribution in [2.45, 2.75) is 52.5 Å². The molecule has 2 aliphatic carbocycles. The molecule has 0 unspecified atom stereocenters. The van der Waals surface area contributed by atoms with Gasteiger partial charge in [0.05, 0.1) is 40.7 Å². The first-order chi connectivity index (χ1) is 13.6. The van der Waals surface area contributed by atoms with Crippen molar-refractivity contribution in [3.8, 4) is 0 Å². The van der Waals surface area contributed by atoms with Crippen molar-refractivity contribution in [2.24, 2.45) is 23.7 Å². The Morgan fingerprint density at radius 2 is 1.41 bits per heavy atom. The zero-order valence-corrected chi connectivity index (χ0v) is 19.7. The Bertz CT molecular complexity index is 792. The number of carbonyl (C=O) groups excluding carboxylic acids is 2. The van der Waals surface area contributed by atoms with Gasteiger partial charge in [0, 0.05) is 11.8 Å². The monoisotopic (exact) mass is 521 g/mol. The van der Waals surface area contributed by atoms with E-state index in [2.05, 4.69) is 6.92 Å². The first-order valence-corrected chi connectivity index (χ1v) is 11.8. The topological polar surface area (TPSA) is 55.8 Å². The van der Waals surface area contributed by atoms with Gasteiger partial charge in [-0.3, -0.25) is 14.4 Å². The van der Waals surface area contributed by atoms with Gasteiger partial charge in [-0.15, -0.1) is 23.2 Å². The van der Waals surface area contributed by atoms with E-state index < -0.39 is 61.8 Å². The molecule has 0 N–H and O–H groups in total. The zero-order valence-electron chi connectivity index (χ0n) is 15.1. The van der Waals surface area contributed by atoms with Crippen LogP contribution in [0.3, 0.4) is 0 Å². The van der Waals surface area contributed by atoms with Crippen LogP contribution >= 0.6 is 69.6 Å². The van der Waals surface area contributed by atoms with Crippen molar-refractivity contribution in [2.75, 3.05) is 6.61 Å². The molecule has 11 heteroatoms. The number of nitrogens with zero attached hydrogens (tertiary/aromatic N) is 1. The highest BCUT2D eigenvalue weighted by Gasteiger charge is 2.90. The molecule has 3 heterocycles. The van der Waals surface area contributed by atoms with Crippen LogP contribution in [0, 0.1) is 23.7 Å². The molecule has 0 aromatic heterocycles. The summed E-state index contributed by atoms with van der Waals surface area (Å²) in [5.74, 6) is -3.46. The minimum atomic E-state index is -1.71. The molecule has 1 saturated carbocycles. The lowest BCUT2D eigenvalue weighted by Gasteiger charge is -2.39. The minimum Gasteiger partial charge on any atom is -0.373 e. The Balaban J connectivity index is 1.50. The number of halogens is 6. The minimum absolute atomic E-state index is 0.0687. The average molecular weight is 524 g/mol. The molecule has 0 aromatic rings. The second-order valence-corrected chi connectivity index (χ2v) is 11.6. The van der Waals surface area contributed by atoms with Crippen LogP contribution in [0.4, 0.5) is 0 Å². The van der Waals surface area contributed by atoms with Crippen LogP contribution in [-0.2, 0) is 19.2 Å². The summed E-state index contributed by atoms with van der Waals surface area (Å²) in [5.41, 5.74) is 0. The summed E-state index contributed by atoms with van der Waals surface area (Å²) in [6.45, 7) is 2.35. The highest BCUT2D eigenvalue weighted by atomic mass is 35.5. The summed E-state index contributed by atoms with van der Waals surface area (Å²) in [4.78, 5) is 28.5. The fourth-order valence-corrected chi connectivity index (χ4v) is 8.97. The first kappa shape index (κ1) is 21.4. The first-order valence-electron chi connectivity index (χ1n) is 9.54. The number of amides is 2. The van der Waals surface area contributed by atoms with Crippen molar-refractivity contribution in [3.63, 3.8) is 0 Å². The molecule has 3 aliphatic heterocycles. The number of ether oxygens (including phenoxy) is 1. The Morgan fingerprint density at radius 1 is 0.931 bits per heavy atom. The average Bonchev–Trinajstić information content (AvgIpc) is 3.37. The largest absolute Gasteiger partial charge is 0.373 e. The molecule has 29 heavy (non-hydrogen) atoms. The zero-order chi connectivity index (χ0) is 21.1. The Hall–Kier alpha value is 0.540. The van der Waals surface area contributed by atoms with E-state index in [1.807, 2.05) is 0 Å². The molecule has 5 rings (SSSR count). The summed E-state index contributed by atoms with van der Waals surface area (Å²) in [6.07, 6.45) is 1.29. The number of hydrogen-bond donors (Lipinski definition) is 0. The molecule has 3 saturated heterocycles. The predicted octanol–water partition coefficient (Wildman–Crippen LogP) is 4.57. The number of hydroxylamine groups is 2. The molecular weight excluding hydrogens is 507 g/mol. The van der Waals surface area contributed by atoms with Gasteiger partial charge in [0.2, 0.25) is 0 Å². The SMILES string of the molecule is CCCCCON1C(=O)[C@@H]2[C@H]3O[C@H]([C@H]2C1=O)[C@@H]1[C@@H]3[C@]2(Cl)C(Cl)=C(Cl)[C@]1(Cl)C2(Cl)Cl. The fourth-order valence-electron chi connectivity index (χ4n) is 5.91. The number of alkyl halides is 4. The highest BCUT2D eigenvalue weighted by Crippen LogP contribution is 2.81. The van der Waals surface area contributed by atoms with Gasteiger partial charge in [0.1, 0.15) is 9.75 Å². The maximum atomic E-state index is 13.0. The summed E-state index contributed by atoms with van der Waals surface area (Å²) < 4.78 is 4.37. The maximum Gasteiger partial charge on any atom is 0.260 e. The Morgan fingerprint density at radius 3 is 1.86 bits per heavy atom. The van der Waals surface area contributed by atoms with E-state index in [1.165, 1.54) is 0 Å².